The maximum absolute atomic E-state index is 14.4. The van der Waals surface area contributed by atoms with Crippen molar-refractivity contribution in [2.24, 2.45) is 11.8 Å². The Morgan fingerprint density at radius 3 is 2.70 bits per heavy atom. The second-order valence-corrected chi connectivity index (χ2v) is 9.01. The van der Waals surface area contributed by atoms with Gasteiger partial charge in [0.1, 0.15) is 11.9 Å². The number of alkyl halides is 2. The normalized spacial score (nSPS) is 22.2. The Labute approximate surface area is 178 Å². The van der Waals surface area contributed by atoms with Crippen LogP contribution in [0.4, 0.5) is 8.78 Å². The van der Waals surface area contributed by atoms with Crippen LogP contribution in [-0.2, 0) is 9.59 Å². The van der Waals surface area contributed by atoms with Gasteiger partial charge in [-0.3, -0.25) is 9.59 Å². The minimum Gasteiger partial charge on any atom is -0.481 e. The molecule has 0 unspecified atom stereocenters. The van der Waals surface area contributed by atoms with Gasteiger partial charge in [-0.25, -0.2) is 8.78 Å². The predicted molar refractivity (Wildman–Crippen MR) is 113 cm³/mol. The van der Waals surface area contributed by atoms with Crippen molar-refractivity contribution >= 4 is 33.2 Å². The molecule has 0 aliphatic heterocycles. The van der Waals surface area contributed by atoms with Gasteiger partial charge in [0.25, 0.3) is 5.92 Å². The number of carbonyl (C=O) groups is 2. The number of thiophene rings is 1. The molecule has 1 fully saturated rings. The first-order valence-electron chi connectivity index (χ1n) is 10.2. The molecular weight excluding hydrogens is 410 g/mol. The molecule has 3 rings (SSSR count). The van der Waals surface area contributed by atoms with Gasteiger partial charge in [-0.2, -0.15) is 0 Å². The van der Waals surface area contributed by atoms with E-state index in [1.807, 2.05) is 30.3 Å². The standard InChI is InChI=1S/C23H26F2O4S/c24-23(25)14-19(27)16(8-3-1-2-4-10-22(28)29)17(23)11-12-18(26)21-13-15-7-5-6-9-20(15)30-21/h5-7,9,11-13,16-18,26H,1-4,8,10,14H2,(H,28,29)/b12-11+/t16-,17-,18-/m1/s1. The number of carboxylic acid groups (broad SMARTS) is 1. The first kappa shape index (κ1) is 22.6. The molecule has 1 aliphatic rings. The maximum Gasteiger partial charge on any atom is 0.303 e. The molecule has 0 radical (unpaired) electrons. The van der Waals surface area contributed by atoms with Gasteiger partial charge in [0.2, 0.25) is 0 Å². The number of ketones is 1. The van der Waals surface area contributed by atoms with E-state index in [9.17, 15) is 23.5 Å². The summed E-state index contributed by atoms with van der Waals surface area (Å²) in [7, 11) is 0. The topological polar surface area (TPSA) is 74.6 Å². The fourth-order valence-corrected chi connectivity index (χ4v) is 5.08. The highest BCUT2D eigenvalue weighted by molar-refractivity contribution is 7.19. The second kappa shape index (κ2) is 9.79. The van der Waals surface area contributed by atoms with Gasteiger partial charge in [0.05, 0.1) is 12.3 Å². The summed E-state index contributed by atoms with van der Waals surface area (Å²) in [5.74, 6) is -6.36. The number of halogens is 2. The Kier molecular flexibility index (Phi) is 7.36. The van der Waals surface area contributed by atoms with E-state index in [0.717, 1.165) is 10.1 Å². The average molecular weight is 437 g/mol. The molecule has 162 valence electrons. The molecule has 2 aromatic rings. The summed E-state index contributed by atoms with van der Waals surface area (Å²) >= 11 is 1.42. The molecule has 3 atom stereocenters. The van der Waals surface area contributed by atoms with E-state index in [1.54, 1.807) is 0 Å². The molecule has 1 heterocycles. The van der Waals surface area contributed by atoms with Crippen LogP contribution in [0.3, 0.4) is 0 Å². The number of aliphatic carboxylic acids is 1. The average Bonchev–Trinajstić information content (AvgIpc) is 3.20. The number of allylic oxidation sites excluding steroid dienone is 1. The zero-order valence-electron chi connectivity index (χ0n) is 16.6. The van der Waals surface area contributed by atoms with Gasteiger partial charge in [-0.05, 0) is 30.4 Å². The number of rotatable bonds is 10. The summed E-state index contributed by atoms with van der Waals surface area (Å²) in [5.41, 5.74) is 0. The number of aliphatic hydroxyl groups is 1. The highest BCUT2D eigenvalue weighted by Gasteiger charge is 2.53. The Hall–Kier alpha value is -2.12. The van der Waals surface area contributed by atoms with Gasteiger partial charge < -0.3 is 10.2 Å². The van der Waals surface area contributed by atoms with Crippen LogP contribution in [-0.4, -0.2) is 27.9 Å². The number of carbonyl (C=O) groups excluding carboxylic acids is 1. The van der Waals surface area contributed by atoms with Crippen molar-refractivity contribution in [2.45, 2.75) is 57.0 Å². The molecule has 30 heavy (non-hydrogen) atoms. The molecule has 0 saturated heterocycles. The molecule has 0 amide bonds. The zero-order valence-corrected chi connectivity index (χ0v) is 17.4. The molecular formula is C23H26F2O4S. The van der Waals surface area contributed by atoms with Gasteiger partial charge in [-0.15, -0.1) is 11.3 Å². The van der Waals surface area contributed by atoms with Crippen molar-refractivity contribution in [1.29, 1.82) is 0 Å². The molecule has 4 nitrogen and oxygen atoms in total. The Balaban J connectivity index is 1.61. The van der Waals surface area contributed by atoms with Crippen molar-refractivity contribution in [3.05, 3.63) is 47.4 Å². The number of benzene rings is 1. The number of Topliss-reactive ketones (excluding diaryl/α,β-unsaturated/α-hetero) is 1. The SMILES string of the molecule is O=C(O)CCCCCC[C@H]1C(=O)CC(F)(F)[C@@H]1/C=C/[C@@H](O)c1cc2ccccc2s1. The summed E-state index contributed by atoms with van der Waals surface area (Å²) in [6.45, 7) is 0. The molecule has 7 heteroatoms. The summed E-state index contributed by atoms with van der Waals surface area (Å²) in [6, 6.07) is 9.53. The van der Waals surface area contributed by atoms with Crippen LogP contribution in [0.2, 0.25) is 0 Å². The number of hydrogen-bond donors (Lipinski definition) is 2. The van der Waals surface area contributed by atoms with E-state index in [2.05, 4.69) is 0 Å². The third-order valence-electron chi connectivity index (χ3n) is 5.64. The molecule has 1 aromatic heterocycles. The lowest BCUT2D eigenvalue weighted by molar-refractivity contribution is -0.137. The fraction of sp³-hybridized carbons (Fsp3) is 0.478. The molecule has 0 bridgehead atoms. The third-order valence-corrected chi connectivity index (χ3v) is 6.82. The maximum atomic E-state index is 14.4. The van der Waals surface area contributed by atoms with E-state index in [1.165, 1.54) is 23.5 Å². The van der Waals surface area contributed by atoms with E-state index in [-0.39, 0.29) is 6.42 Å². The summed E-state index contributed by atoms with van der Waals surface area (Å²) in [6.07, 6.45) is 3.96. The van der Waals surface area contributed by atoms with E-state index >= 15 is 0 Å². The van der Waals surface area contributed by atoms with Crippen molar-refractivity contribution in [2.75, 3.05) is 0 Å². The van der Waals surface area contributed by atoms with E-state index in [4.69, 9.17) is 5.11 Å². The van der Waals surface area contributed by atoms with Crippen molar-refractivity contribution in [3.8, 4) is 0 Å². The highest BCUT2D eigenvalue weighted by Crippen LogP contribution is 2.45. The van der Waals surface area contributed by atoms with Crippen LogP contribution in [0, 0.1) is 11.8 Å². The molecule has 1 aliphatic carbocycles. The van der Waals surface area contributed by atoms with E-state index in [0.29, 0.717) is 37.0 Å². The van der Waals surface area contributed by atoms with Gasteiger partial charge in [0.15, 0.2) is 0 Å². The van der Waals surface area contributed by atoms with Crippen LogP contribution >= 0.6 is 11.3 Å². The predicted octanol–water partition coefficient (Wildman–Crippen LogP) is 5.76. The highest BCUT2D eigenvalue weighted by atomic mass is 32.1. The monoisotopic (exact) mass is 436 g/mol. The lowest BCUT2D eigenvalue weighted by Crippen LogP contribution is -2.24. The van der Waals surface area contributed by atoms with Crippen LogP contribution in [0.1, 0.15) is 55.9 Å². The number of aliphatic hydroxyl groups excluding tert-OH is 1. The first-order chi connectivity index (χ1) is 14.3. The van der Waals surface area contributed by atoms with Gasteiger partial charge >= 0.3 is 5.97 Å². The smallest absolute Gasteiger partial charge is 0.303 e. The lowest BCUT2D eigenvalue weighted by Gasteiger charge is -2.20. The largest absolute Gasteiger partial charge is 0.481 e. The second-order valence-electron chi connectivity index (χ2n) is 7.90. The zero-order chi connectivity index (χ0) is 21.7. The molecule has 1 saturated carbocycles. The number of unbranched alkanes of at least 4 members (excludes halogenated alkanes) is 3. The molecule has 1 aromatic carbocycles. The van der Waals surface area contributed by atoms with Crippen molar-refractivity contribution < 1.29 is 28.6 Å². The molecule has 0 spiro atoms. The van der Waals surface area contributed by atoms with Crippen LogP contribution in [0.25, 0.3) is 10.1 Å². The Bertz CT molecular complexity index is 888. The van der Waals surface area contributed by atoms with E-state index < -0.39 is 42.0 Å². The fourth-order valence-electron chi connectivity index (χ4n) is 4.05. The first-order valence-corrected chi connectivity index (χ1v) is 11.1. The Morgan fingerprint density at radius 1 is 1.23 bits per heavy atom. The van der Waals surface area contributed by atoms with Crippen LogP contribution in [0.15, 0.2) is 42.5 Å². The van der Waals surface area contributed by atoms with Gasteiger partial charge in [-0.1, -0.05) is 49.6 Å². The minimum absolute atomic E-state index is 0.0986. The Morgan fingerprint density at radius 2 is 1.97 bits per heavy atom. The molecule has 2 N–H and O–H groups in total. The van der Waals surface area contributed by atoms with Crippen molar-refractivity contribution in [3.63, 3.8) is 0 Å². The van der Waals surface area contributed by atoms with Gasteiger partial charge in [0, 0.05) is 21.9 Å². The number of hydrogen-bond acceptors (Lipinski definition) is 4. The van der Waals surface area contributed by atoms with Crippen LogP contribution < -0.4 is 0 Å². The van der Waals surface area contributed by atoms with Crippen LogP contribution in [0.5, 0.6) is 0 Å². The minimum atomic E-state index is -3.11. The summed E-state index contributed by atoms with van der Waals surface area (Å²) in [5, 5.41) is 20.1. The summed E-state index contributed by atoms with van der Waals surface area (Å²) < 4.78 is 29.9. The number of fused-ring (bicyclic) bond motifs is 1. The number of carboxylic acids is 1. The lowest BCUT2D eigenvalue weighted by atomic mass is 9.88. The quantitative estimate of drug-likeness (QED) is 0.367. The third kappa shape index (κ3) is 5.52. The van der Waals surface area contributed by atoms with Crippen molar-refractivity contribution in [1.82, 2.24) is 0 Å². The summed E-state index contributed by atoms with van der Waals surface area (Å²) in [4.78, 5) is 23.4.